The number of carbonyl (C=O) groups excluding carboxylic acids is 1. The van der Waals surface area contributed by atoms with Gasteiger partial charge in [0.1, 0.15) is 0 Å². The molecule has 1 unspecified atom stereocenters. The molecule has 3 nitrogen and oxygen atoms in total. The van der Waals surface area contributed by atoms with Gasteiger partial charge >= 0.3 is 0 Å². The molecule has 1 aromatic heterocycles. The number of benzene rings is 3. The predicted molar refractivity (Wildman–Crippen MR) is 108 cm³/mol. The molecule has 0 radical (unpaired) electrons. The number of nitrogens with zero attached hydrogens (tertiary/aromatic N) is 2. The van der Waals surface area contributed by atoms with Crippen LogP contribution in [0.1, 0.15) is 27.5 Å². The molecule has 5 rings (SSSR count). The first kappa shape index (κ1) is 15.8. The molecule has 2 heterocycles. The molecular weight excluding hydrogens is 332 g/mol. The molecule has 0 saturated heterocycles. The fourth-order valence-electron chi connectivity index (χ4n) is 3.98. The number of pyridine rings is 1. The summed E-state index contributed by atoms with van der Waals surface area (Å²) in [6, 6.07) is 28.1. The third-order valence-electron chi connectivity index (χ3n) is 5.25. The number of anilines is 1. The van der Waals surface area contributed by atoms with Crippen molar-refractivity contribution in [2.24, 2.45) is 0 Å². The highest BCUT2D eigenvalue weighted by Crippen LogP contribution is 2.39. The van der Waals surface area contributed by atoms with Gasteiger partial charge in [0.25, 0.3) is 5.91 Å². The highest BCUT2D eigenvalue weighted by atomic mass is 16.2. The van der Waals surface area contributed by atoms with Crippen LogP contribution in [-0.4, -0.2) is 10.9 Å². The van der Waals surface area contributed by atoms with E-state index in [1.165, 1.54) is 0 Å². The van der Waals surface area contributed by atoms with Crippen LogP contribution in [-0.2, 0) is 6.42 Å². The zero-order chi connectivity index (χ0) is 18.2. The molecular formula is C24H18N2O. The second-order valence-electron chi connectivity index (χ2n) is 6.82. The molecule has 4 aromatic rings. The fourth-order valence-corrected chi connectivity index (χ4v) is 3.98. The maximum absolute atomic E-state index is 13.5. The number of para-hydroxylation sites is 1. The largest absolute Gasteiger partial charge is 0.298 e. The number of hydrogen-bond donors (Lipinski definition) is 0. The minimum Gasteiger partial charge on any atom is -0.298 e. The topological polar surface area (TPSA) is 33.2 Å². The summed E-state index contributed by atoms with van der Waals surface area (Å²) in [5, 5.41) is 1.04. The Labute approximate surface area is 157 Å². The van der Waals surface area contributed by atoms with Crippen molar-refractivity contribution < 1.29 is 4.79 Å². The van der Waals surface area contributed by atoms with Crippen molar-refractivity contribution in [3.8, 4) is 0 Å². The highest BCUT2D eigenvalue weighted by molar-refractivity contribution is 6.12. The fraction of sp³-hybridized carbons (Fsp3) is 0.0833. The van der Waals surface area contributed by atoms with Gasteiger partial charge in [-0.3, -0.25) is 14.7 Å². The van der Waals surface area contributed by atoms with E-state index in [0.717, 1.165) is 39.7 Å². The van der Waals surface area contributed by atoms with Crippen molar-refractivity contribution in [2.45, 2.75) is 12.5 Å². The standard InChI is InChI=1S/C24H18N2O/c27-24-20-13-5-4-10-19(20)16-22(17-8-2-1-3-9-17)26(24)21-14-6-11-18-12-7-15-25-23(18)21/h1-15,22H,16H2. The Hall–Kier alpha value is -3.46. The molecule has 1 atom stereocenters. The van der Waals surface area contributed by atoms with Gasteiger partial charge in [0.2, 0.25) is 0 Å². The monoisotopic (exact) mass is 350 g/mol. The van der Waals surface area contributed by atoms with Crippen LogP contribution in [0.4, 0.5) is 5.69 Å². The van der Waals surface area contributed by atoms with Crippen LogP contribution in [0, 0.1) is 0 Å². The summed E-state index contributed by atoms with van der Waals surface area (Å²) < 4.78 is 0. The molecule has 1 aliphatic rings. The van der Waals surface area contributed by atoms with Crippen LogP contribution >= 0.6 is 0 Å². The van der Waals surface area contributed by atoms with Gasteiger partial charge in [0.05, 0.1) is 17.2 Å². The summed E-state index contributed by atoms with van der Waals surface area (Å²) in [5.74, 6) is 0.0313. The first-order valence-electron chi connectivity index (χ1n) is 9.13. The van der Waals surface area contributed by atoms with Crippen LogP contribution in [0.3, 0.4) is 0 Å². The van der Waals surface area contributed by atoms with Gasteiger partial charge in [-0.25, -0.2) is 0 Å². The van der Waals surface area contributed by atoms with E-state index in [1.807, 2.05) is 71.6 Å². The van der Waals surface area contributed by atoms with Crippen LogP contribution in [0.15, 0.2) is 91.1 Å². The number of hydrogen-bond acceptors (Lipinski definition) is 2. The predicted octanol–water partition coefficient (Wildman–Crippen LogP) is 5.18. The lowest BCUT2D eigenvalue weighted by Gasteiger charge is -2.37. The molecule has 0 aliphatic carbocycles. The molecule has 0 bridgehead atoms. The summed E-state index contributed by atoms with van der Waals surface area (Å²) in [4.78, 5) is 20.0. The van der Waals surface area contributed by atoms with Crippen LogP contribution in [0.25, 0.3) is 10.9 Å². The lowest BCUT2D eigenvalue weighted by atomic mass is 9.88. The van der Waals surface area contributed by atoms with E-state index in [2.05, 4.69) is 23.2 Å². The zero-order valence-electron chi connectivity index (χ0n) is 14.7. The van der Waals surface area contributed by atoms with E-state index >= 15 is 0 Å². The van der Waals surface area contributed by atoms with E-state index in [0.29, 0.717) is 0 Å². The first-order valence-corrected chi connectivity index (χ1v) is 9.13. The molecule has 0 spiro atoms. The van der Waals surface area contributed by atoms with Gasteiger partial charge in [-0.2, -0.15) is 0 Å². The van der Waals surface area contributed by atoms with Crippen molar-refractivity contribution in [3.63, 3.8) is 0 Å². The van der Waals surface area contributed by atoms with E-state index in [-0.39, 0.29) is 11.9 Å². The van der Waals surface area contributed by atoms with Crippen molar-refractivity contribution in [3.05, 3.63) is 108 Å². The molecule has 130 valence electrons. The molecule has 27 heavy (non-hydrogen) atoms. The van der Waals surface area contributed by atoms with Gasteiger partial charge in [-0.05, 0) is 35.7 Å². The summed E-state index contributed by atoms with van der Waals surface area (Å²) in [6.45, 7) is 0. The molecule has 3 heteroatoms. The van der Waals surface area contributed by atoms with Crippen molar-refractivity contribution in [1.29, 1.82) is 0 Å². The Morgan fingerprint density at radius 3 is 2.48 bits per heavy atom. The Morgan fingerprint density at radius 2 is 1.59 bits per heavy atom. The average Bonchev–Trinajstić information content (AvgIpc) is 2.74. The van der Waals surface area contributed by atoms with E-state index in [1.54, 1.807) is 6.20 Å². The second-order valence-corrected chi connectivity index (χ2v) is 6.82. The zero-order valence-corrected chi connectivity index (χ0v) is 14.7. The Kier molecular flexibility index (Phi) is 3.72. The third kappa shape index (κ3) is 2.59. The van der Waals surface area contributed by atoms with E-state index in [9.17, 15) is 4.79 Å². The van der Waals surface area contributed by atoms with Crippen molar-refractivity contribution in [1.82, 2.24) is 4.98 Å². The maximum atomic E-state index is 13.5. The Balaban J connectivity index is 1.75. The lowest BCUT2D eigenvalue weighted by Crippen LogP contribution is -2.40. The highest BCUT2D eigenvalue weighted by Gasteiger charge is 2.35. The third-order valence-corrected chi connectivity index (χ3v) is 5.25. The summed E-state index contributed by atoms with van der Waals surface area (Å²) in [6.07, 6.45) is 2.57. The minimum atomic E-state index is -0.0544. The first-order chi connectivity index (χ1) is 13.3. The van der Waals surface area contributed by atoms with Gasteiger partial charge in [-0.15, -0.1) is 0 Å². The number of rotatable bonds is 2. The Bertz CT molecular complexity index is 1130. The smallest absolute Gasteiger partial charge is 0.259 e. The number of amides is 1. The molecule has 0 saturated carbocycles. The molecule has 3 aromatic carbocycles. The van der Waals surface area contributed by atoms with E-state index in [4.69, 9.17) is 0 Å². The van der Waals surface area contributed by atoms with Crippen LogP contribution in [0.5, 0.6) is 0 Å². The van der Waals surface area contributed by atoms with Crippen LogP contribution in [0.2, 0.25) is 0 Å². The van der Waals surface area contributed by atoms with Gasteiger partial charge in [0, 0.05) is 17.1 Å². The normalized spacial score (nSPS) is 16.4. The number of carbonyl (C=O) groups is 1. The molecule has 1 aliphatic heterocycles. The summed E-state index contributed by atoms with van der Waals surface area (Å²) in [7, 11) is 0. The van der Waals surface area contributed by atoms with Crippen molar-refractivity contribution in [2.75, 3.05) is 4.90 Å². The average molecular weight is 350 g/mol. The van der Waals surface area contributed by atoms with Gasteiger partial charge in [-0.1, -0.05) is 66.7 Å². The van der Waals surface area contributed by atoms with Gasteiger partial charge in [0.15, 0.2) is 0 Å². The number of fused-ring (bicyclic) bond motifs is 2. The minimum absolute atomic E-state index is 0.0313. The number of aromatic nitrogens is 1. The van der Waals surface area contributed by atoms with Crippen molar-refractivity contribution >= 4 is 22.5 Å². The lowest BCUT2D eigenvalue weighted by molar-refractivity contribution is 0.0967. The molecule has 0 N–H and O–H groups in total. The molecule has 1 amide bonds. The van der Waals surface area contributed by atoms with E-state index < -0.39 is 0 Å². The van der Waals surface area contributed by atoms with Gasteiger partial charge < -0.3 is 0 Å². The Morgan fingerprint density at radius 1 is 0.815 bits per heavy atom. The quantitative estimate of drug-likeness (QED) is 0.499. The van der Waals surface area contributed by atoms with Crippen LogP contribution < -0.4 is 4.90 Å². The summed E-state index contributed by atoms with van der Waals surface area (Å²) in [5.41, 5.74) is 4.72. The second kappa shape index (κ2) is 6.36. The molecule has 0 fully saturated rings. The maximum Gasteiger partial charge on any atom is 0.259 e. The summed E-state index contributed by atoms with van der Waals surface area (Å²) >= 11 is 0. The SMILES string of the molecule is O=C1c2ccccc2CC(c2ccccc2)N1c1cccc2cccnc12.